The number of rotatable bonds is 4. The molecule has 1 aromatic carbocycles. The van der Waals surface area contributed by atoms with Crippen LogP contribution in [0, 0.1) is 24.7 Å². The Labute approximate surface area is 154 Å². The van der Waals surface area contributed by atoms with Gasteiger partial charge in [0.25, 0.3) is 0 Å². The number of carboxylic acid groups (broad SMARTS) is 1. The molecule has 0 spiro atoms. The van der Waals surface area contributed by atoms with Crippen LogP contribution in [0.5, 0.6) is 0 Å². The van der Waals surface area contributed by atoms with Gasteiger partial charge in [0.2, 0.25) is 5.91 Å². The normalized spacial score (nSPS) is 28.1. The molecule has 4 rings (SSSR count). The van der Waals surface area contributed by atoms with Crippen molar-refractivity contribution in [2.45, 2.75) is 38.0 Å². The van der Waals surface area contributed by atoms with Gasteiger partial charge in [0.15, 0.2) is 0 Å². The Hall–Kier alpha value is -1.88. The largest absolute Gasteiger partial charge is 0.481 e. The molecule has 3 aliphatic rings. The Kier molecular flexibility index (Phi) is 4.51. The summed E-state index contributed by atoms with van der Waals surface area (Å²) in [6, 6.07) is 8.22. The summed E-state index contributed by atoms with van der Waals surface area (Å²) in [4.78, 5) is 27.2. The predicted octanol–water partition coefficient (Wildman–Crippen LogP) is 2.61. The minimum absolute atomic E-state index is 0.0963. The molecule has 1 aromatic rings. The second kappa shape index (κ2) is 6.69. The molecule has 2 saturated heterocycles. The van der Waals surface area contributed by atoms with E-state index in [4.69, 9.17) is 4.74 Å². The van der Waals surface area contributed by atoms with Gasteiger partial charge in [-0.2, -0.15) is 0 Å². The van der Waals surface area contributed by atoms with Gasteiger partial charge in [-0.3, -0.25) is 9.59 Å². The van der Waals surface area contributed by atoms with Crippen LogP contribution in [0.4, 0.5) is 0 Å². The molecular weight excluding hydrogens is 330 g/mol. The molecule has 1 amide bonds. The fraction of sp³-hybridized carbons (Fsp3) is 0.619. The zero-order chi connectivity index (χ0) is 18.3. The predicted molar refractivity (Wildman–Crippen MR) is 96.8 cm³/mol. The molecule has 26 heavy (non-hydrogen) atoms. The van der Waals surface area contributed by atoms with Crippen molar-refractivity contribution in [2.24, 2.45) is 17.8 Å². The second-order valence-corrected chi connectivity index (χ2v) is 8.22. The van der Waals surface area contributed by atoms with Crippen molar-refractivity contribution in [1.29, 1.82) is 0 Å². The van der Waals surface area contributed by atoms with Crippen molar-refractivity contribution in [3.8, 4) is 0 Å². The second-order valence-electron chi connectivity index (χ2n) is 8.22. The van der Waals surface area contributed by atoms with Crippen molar-refractivity contribution in [3.63, 3.8) is 0 Å². The monoisotopic (exact) mass is 357 g/mol. The highest BCUT2D eigenvalue weighted by Crippen LogP contribution is 2.46. The highest BCUT2D eigenvalue weighted by atomic mass is 16.5. The molecule has 1 N–H and O–H groups in total. The molecule has 1 aliphatic carbocycles. The maximum absolute atomic E-state index is 13.6. The number of carbonyl (C=O) groups is 2. The van der Waals surface area contributed by atoms with Crippen molar-refractivity contribution in [3.05, 3.63) is 35.4 Å². The first-order valence-electron chi connectivity index (χ1n) is 9.68. The average Bonchev–Trinajstić information content (AvgIpc) is 3.40. The Balaban J connectivity index is 1.62. The lowest BCUT2D eigenvalue weighted by molar-refractivity contribution is -0.143. The van der Waals surface area contributed by atoms with E-state index in [9.17, 15) is 14.7 Å². The summed E-state index contributed by atoms with van der Waals surface area (Å²) in [5.74, 6) is -0.473. The Morgan fingerprint density at radius 1 is 1.12 bits per heavy atom. The molecule has 1 saturated carbocycles. The molecule has 0 unspecified atom stereocenters. The summed E-state index contributed by atoms with van der Waals surface area (Å²) < 4.78 is 5.55. The smallest absolute Gasteiger partial charge is 0.308 e. The van der Waals surface area contributed by atoms with E-state index >= 15 is 0 Å². The van der Waals surface area contributed by atoms with Crippen LogP contribution in [-0.2, 0) is 19.7 Å². The van der Waals surface area contributed by atoms with E-state index in [0.29, 0.717) is 45.1 Å². The van der Waals surface area contributed by atoms with E-state index in [1.807, 2.05) is 11.8 Å². The molecule has 0 radical (unpaired) electrons. The Morgan fingerprint density at radius 2 is 1.77 bits per heavy atom. The third kappa shape index (κ3) is 3.02. The van der Waals surface area contributed by atoms with E-state index in [0.717, 1.165) is 18.4 Å². The van der Waals surface area contributed by atoms with E-state index in [1.54, 1.807) is 0 Å². The zero-order valence-corrected chi connectivity index (χ0v) is 15.3. The van der Waals surface area contributed by atoms with Gasteiger partial charge in [-0.15, -0.1) is 0 Å². The number of aryl methyl sites for hydroxylation is 1. The number of ether oxygens (including phenoxy) is 1. The van der Waals surface area contributed by atoms with E-state index in [1.165, 1.54) is 5.56 Å². The number of aliphatic carboxylic acids is 1. The van der Waals surface area contributed by atoms with E-state index in [-0.39, 0.29) is 11.8 Å². The van der Waals surface area contributed by atoms with Crippen LogP contribution in [0.3, 0.4) is 0 Å². The van der Waals surface area contributed by atoms with Crippen LogP contribution >= 0.6 is 0 Å². The molecule has 2 heterocycles. The highest BCUT2D eigenvalue weighted by Gasteiger charge is 2.51. The van der Waals surface area contributed by atoms with Crippen molar-refractivity contribution in [1.82, 2.24) is 4.90 Å². The number of carboxylic acids is 1. The Morgan fingerprint density at radius 3 is 2.35 bits per heavy atom. The summed E-state index contributed by atoms with van der Waals surface area (Å²) >= 11 is 0. The lowest BCUT2D eigenvalue weighted by atomic mass is 9.73. The summed E-state index contributed by atoms with van der Waals surface area (Å²) in [5, 5.41) is 9.62. The van der Waals surface area contributed by atoms with Gasteiger partial charge < -0.3 is 14.7 Å². The van der Waals surface area contributed by atoms with Gasteiger partial charge in [0.05, 0.1) is 11.3 Å². The van der Waals surface area contributed by atoms with Crippen molar-refractivity contribution < 1.29 is 19.4 Å². The molecule has 0 aromatic heterocycles. The molecule has 2 atom stereocenters. The third-order valence-electron chi connectivity index (χ3n) is 6.56. The van der Waals surface area contributed by atoms with Crippen LogP contribution in [-0.4, -0.2) is 48.2 Å². The molecule has 2 aliphatic heterocycles. The number of amides is 1. The van der Waals surface area contributed by atoms with Gasteiger partial charge in [0, 0.05) is 26.3 Å². The van der Waals surface area contributed by atoms with Crippen LogP contribution in [0.25, 0.3) is 0 Å². The van der Waals surface area contributed by atoms with Gasteiger partial charge in [0.1, 0.15) is 0 Å². The fourth-order valence-electron chi connectivity index (χ4n) is 4.78. The minimum atomic E-state index is -0.756. The van der Waals surface area contributed by atoms with Crippen molar-refractivity contribution in [2.75, 3.05) is 26.3 Å². The topological polar surface area (TPSA) is 66.8 Å². The number of hydrogen-bond donors (Lipinski definition) is 1. The van der Waals surface area contributed by atoms with E-state index < -0.39 is 17.3 Å². The summed E-state index contributed by atoms with van der Waals surface area (Å²) in [7, 11) is 0. The van der Waals surface area contributed by atoms with Gasteiger partial charge in [-0.25, -0.2) is 0 Å². The molecule has 0 bridgehead atoms. The first-order chi connectivity index (χ1) is 12.5. The lowest BCUT2D eigenvalue weighted by Gasteiger charge is -2.39. The Bertz CT molecular complexity index is 688. The highest BCUT2D eigenvalue weighted by molar-refractivity contribution is 5.89. The lowest BCUT2D eigenvalue weighted by Crippen LogP contribution is -2.49. The summed E-state index contributed by atoms with van der Waals surface area (Å²) in [6.07, 6.45) is 3.54. The number of hydrogen-bond acceptors (Lipinski definition) is 3. The summed E-state index contributed by atoms with van der Waals surface area (Å²) in [6.45, 7) is 4.13. The SMILES string of the molecule is Cc1ccc(C2(C(=O)N3C[C@H](C(=O)O)[C@@H](C4CC4)C3)CCOCC2)cc1. The third-order valence-corrected chi connectivity index (χ3v) is 6.56. The molecule has 5 heteroatoms. The van der Waals surface area contributed by atoms with Gasteiger partial charge >= 0.3 is 5.97 Å². The zero-order valence-electron chi connectivity index (χ0n) is 15.3. The number of carbonyl (C=O) groups excluding carboxylic acids is 1. The average molecular weight is 357 g/mol. The molecular formula is C21H27NO4. The maximum Gasteiger partial charge on any atom is 0.308 e. The van der Waals surface area contributed by atoms with E-state index in [2.05, 4.69) is 24.3 Å². The van der Waals surface area contributed by atoms with Crippen LogP contribution < -0.4 is 0 Å². The number of likely N-dealkylation sites (tertiary alicyclic amines) is 1. The molecule has 3 fully saturated rings. The first kappa shape index (κ1) is 17.5. The van der Waals surface area contributed by atoms with Crippen molar-refractivity contribution >= 4 is 11.9 Å². The quantitative estimate of drug-likeness (QED) is 0.899. The van der Waals surface area contributed by atoms with Crippen LogP contribution in [0.15, 0.2) is 24.3 Å². The van der Waals surface area contributed by atoms with Crippen LogP contribution in [0.1, 0.15) is 36.8 Å². The number of nitrogens with zero attached hydrogens (tertiary/aromatic N) is 1. The summed E-state index contributed by atoms with van der Waals surface area (Å²) in [5.41, 5.74) is 1.63. The minimum Gasteiger partial charge on any atom is -0.481 e. The van der Waals surface area contributed by atoms with Gasteiger partial charge in [-0.1, -0.05) is 29.8 Å². The number of benzene rings is 1. The van der Waals surface area contributed by atoms with Crippen LogP contribution in [0.2, 0.25) is 0 Å². The fourth-order valence-corrected chi connectivity index (χ4v) is 4.78. The molecule has 140 valence electrons. The molecule has 5 nitrogen and oxygen atoms in total. The standard InChI is InChI=1S/C21H27NO4/c1-14-2-6-16(7-3-14)21(8-10-26-11-9-21)20(25)22-12-17(15-4-5-15)18(13-22)19(23)24/h2-3,6-7,15,17-18H,4-5,8-13H2,1H3,(H,23,24)/t17-,18+/m1/s1. The van der Waals surface area contributed by atoms with Gasteiger partial charge in [-0.05, 0) is 50.0 Å². The first-order valence-corrected chi connectivity index (χ1v) is 9.68. The maximum atomic E-state index is 13.6.